The van der Waals surface area contributed by atoms with Gasteiger partial charge in [-0.1, -0.05) is 19.1 Å². The molecule has 0 aliphatic carbocycles. The molecule has 0 amide bonds. The average Bonchev–Trinajstić information content (AvgIpc) is 2.89. The predicted molar refractivity (Wildman–Crippen MR) is 78.3 cm³/mol. The molecule has 0 saturated carbocycles. The summed E-state index contributed by atoms with van der Waals surface area (Å²) in [6.07, 6.45) is 2.33. The van der Waals surface area contributed by atoms with Crippen LogP contribution in [0, 0.1) is 11.3 Å². The normalized spacial score (nSPS) is 11.7. The van der Waals surface area contributed by atoms with Crippen molar-refractivity contribution in [2.75, 3.05) is 7.11 Å². The maximum absolute atomic E-state index is 12.6. The molecule has 2 rings (SSSR count). The molecule has 0 radical (unpaired) electrons. The lowest BCUT2D eigenvalue weighted by Gasteiger charge is -2.09. The van der Waals surface area contributed by atoms with Crippen LogP contribution in [0.4, 0.5) is 0 Å². The number of hydrogen-bond acceptors (Lipinski definition) is 4. The number of ketones is 1. The summed E-state index contributed by atoms with van der Waals surface area (Å²) in [4.78, 5) is 12.6. The number of aromatic nitrogens is 2. The van der Waals surface area contributed by atoms with Crippen LogP contribution in [0.3, 0.4) is 0 Å². The summed E-state index contributed by atoms with van der Waals surface area (Å²) in [5.74, 6) is -0.350. The molecule has 0 N–H and O–H groups in total. The quantitative estimate of drug-likeness (QED) is 0.791. The van der Waals surface area contributed by atoms with Crippen LogP contribution in [0.25, 0.3) is 0 Å². The van der Waals surface area contributed by atoms with Crippen LogP contribution in [0.2, 0.25) is 0 Å². The second kappa shape index (κ2) is 6.23. The molecule has 0 saturated heterocycles. The summed E-state index contributed by atoms with van der Waals surface area (Å²) in [5.41, 5.74) is 1.90. The Morgan fingerprint density at radius 2 is 2.10 bits per heavy atom. The third-order valence-electron chi connectivity index (χ3n) is 3.35. The Kier molecular flexibility index (Phi) is 4.39. The van der Waals surface area contributed by atoms with Crippen LogP contribution >= 0.6 is 0 Å². The first kappa shape index (κ1) is 14.8. The number of rotatable bonds is 5. The smallest absolute Gasteiger partial charge is 0.187 e. The number of methoxy groups -OCH3 is 1. The number of aryl methyl sites for hydroxylation is 2. The van der Waals surface area contributed by atoms with Gasteiger partial charge in [0.25, 0.3) is 0 Å². The molecule has 0 bridgehead atoms. The monoisotopic (exact) mass is 283 g/mol. The van der Waals surface area contributed by atoms with Gasteiger partial charge in [0, 0.05) is 13.2 Å². The zero-order chi connectivity index (χ0) is 15.4. The van der Waals surface area contributed by atoms with E-state index in [0.29, 0.717) is 23.3 Å². The van der Waals surface area contributed by atoms with Gasteiger partial charge in [0.15, 0.2) is 5.78 Å². The van der Waals surface area contributed by atoms with E-state index in [2.05, 4.69) is 11.2 Å². The van der Waals surface area contributed by atoms with Crippen molar-refractivity contribution in [3.8, 4) is 11.8 Å². The number of nitrogens with zero attached hydrogens (tertiary/aromatic N) is 3. The molecule has 1 heterocycles. The Morgan fingerprint density at radius 3 is 2.62 bits per heavy atom. The fraction of sp³-hybridized carbons (Fsp3) is 0.312. The second-order valence-corrected chi connectivity index (χ2v) is 4.72. The van der Waals surface area contributed by atoms with E-state index in [-0.39, 0.29) is 5.78 Å². The van der Waals surface area contributed by atoms with Crippen molar-refractivity contribution in [3.05, 3.63) is 47.3 Å². The molecule has 2 aromatic rings. The number of nitriles is 1. The molecule has 1 aromatic heterocycles. The van der Waals surface area contributed by atoms with Gasteiger partial charge in [0.1, 0.15) is 11.7 Å². The van der Waals surface area contributed by atoms with Crippen molar-refractivity contribution in [2.45, 2.75) is 19.3 Å². The fourth-order valence-corrected chi connectivity index (χ4v) is 2.24. The fourth-order valence-electron chi connectivity index (χ4n) is 2.24. The summed E-state index contributed by atoms with van der Waals surface area (Å²) in [6, 6.07) is 9.07. The molecule has 0 spiro atoms. The SMILES string of the molecule is CCc1nn(C)cc1C(=O)C(C#N)c1ccc(OC)cc1. The summed E-state index contributed by atoms with van der Waals surface area (Å²) >= 11 is 0. The lowest BCUT2D eigenvalue weighted by molar-refractivity contribution is 0.0978. The summed E-state index contributed by atoms with van der Waals surface area (Å²) in [6.45, 7) is 1.94. The largest absolute Gasteiger partial charge is 0.497 e. The summed E-state index contributed by atoms with van der Waals surface area (Å²) in [5, 5.41) is 13.6. The Hall–Kier alpha value is -2.61. The third kappa shape index (κ3) is 2.95. The molecule has 1 aromatic carbocycles. The van der Waals surface area contributed by atoms with E-state index in [4.69, 9.17) is 4.74 Å². The lowest BCUT2D eigenvalue weighted by Crippen LogP contribution is -2.12. The predicted octanol–water partition coefficient (Wildman–Crippen LogP) is 2.48. The third-order valence-corrected chi connectivity index (χ3v) is 3.35. The van der Waals surface area contributed by atoms with Gasteiger partial charge in [-0.2, -0.15) is 10.4 Å². The summed E-state index contributed by atoms with van der Waals surface area (Å²) < 4.78 is 6.69. The zero-order valence-electron chi connectivity index (χ0n) is 12.3. The molecule has 0 aliphatic rings. The number of benzene rings is 1. The number of Topliss-reactive ketones (excluding diaryl/α,β-unsaturated/α-hetero) is 1. The minimum atomic E-state index is -0.828. The number of carbonyl (C=O) groups excluding carboxylic acids is 1. The van der Waals surface area contributed by atoms with Crippen molar-refractivity contribution >= 4 is 5.78 Å². The molecule has 0 fully saturated rings. The molecule has 5 nitrogen and oxygen atoms in total. The van der Waals surface area contributed by atoms with Crippen LogP contribution in [0.5, 0.6) is 5.75 Å². The van der Waals surface area contributed by atoms with E-state index >= 15 is 0 Å². The second-order valence-electron chi connectivity index (χ2n) is 4.72. The molecule has 1 atom stereocenters. The zero-order valence-corrected chi connectivity index (χ0v) is 12.3. The first-order valence-corrected chi connectivity index (χ1v) is 6.71. The molecule has 108 valence electrons. The van der Waals surface area contributed by atoms with Crippen LogP contribution in [0.15, 0.2) is 30.5 Å². The van der Waals surface area contributed by atoms with Crippen molar-refractivity contribution in [3.63, 3.8) is 0 Å². The standard InChI is InChI=1S/C16H17N3O2/c1-4-15-14(10-19(2)18-15)16(20)13(9-17)11-5-7-12(21-3)8-6-11/h5-8,10,13H,4H2,1-3H3. The van der Waals surface area contributed by atoms with Gasteiger partial charge in [0.2, 0.25) is 0 Å². The van der Waals surface area contributed by atoms with Crippen molar-refractivity contribution < 1.29 is 9.53 Å². The highest BCUT2D eigenvalue weighted by atomic mass is 16.5. The van der Waals surface area contributed by atoms with Gasteiger partial charge in [0.05, 0.1) is 24.4 Å². The molecular weight excluding hydrogens is 266 g/mol. The maximum Gasteiger partial charge on any atom is 0.187 e. The van der Waals surface area contributed by atoms with E-state index < -0.39 is 5.92 Å². The van der Waals surface area contributed by atoms with Crippen molar-refractivity contribution in [1.82, 2.24) is 9.78 Å². The molecule has 0 aliphatic heterocycles. The number of hydrogen-bond donors (Lipinski definition) is 0. The van der Waals surface area contributed by atoms with Crippen molar-refractivity contribution in [1.29, 1.82) is 5.26 Å². The maximum atomic E-state index is 12.6. The topological polar surface area (TPSA) is 67.9 Å². The Labute approximate surface area is 123 Å². The minimum Gasteiger partial charge on any atom is -0.497 e. The molecular formula is C16H17N3O2. The number of carbonyl (C=O) groups is 1. The van der Waals surface area contributed by atoms with E-state index in [1.165, 1.54) is 0 Å². The van der Waals surface area contributed by atoms with Crippen LogP contribution in [0.1, 0.15) is 34.5 Å². The van der Waals surface area contributed by atoms with Gasteiger partial charge in [-0.25, -0.2) is 0 Å². The number of ether oxygens (including phenoxy) is 1. The van der Waals surface area contributed by atoms with Gasteiger partial charge in [-0.3, -0.25) is 9.48 Å². The molecule has 5 heteroatoms. The van der Waals surface area contributed by atoms with Crippen molar-refractivity contribution in [2.24, 2.45) is 7.05 Å². The van der Waals surface area contributed by atoms with Crippen LogP contribution < -0.4 is 4.74 Å². The first-order valence-electron chi connectivity index (χ1n) is 6.71. The van der Waals surface area contributed by atoms with E-state index in [1.807, 2.05) is 6.92 Å². The average molecular weight is 283 g/mol. The molecule has 21 heavy (non-hydrogen) atoms. The van der Waals surface area contributed by atoms with E-state index in [9.17, 15) is 10.1 Å². The van der Waals surface area contributed by atoms with Gasteiger partial charge >= 0.3 is 0 Å². The summed E-state index contributed by atoms with van der Waals surface area (Å²) in [7, 11) is 3.34. The van der Waals surface area contributed by atoms with Crippen LogP contribution in [-0.4, -0.2) is 22.7 Å². The molecule has 1 unspecified atom stereocenters. The van der Waals surface area contributed by atoms with Gasteiger partial charge in [-0.15, -0.1) is 0 Å². The highest BCUT2D eigenvalue weighted by Crippen LogP contribution is 2.24. The Balaban J connectivity index is 2.36. The Bertz CT molecular complexity index is 681. The highest BCUT2D eigenvalue weighted by molar-refractivity contribution is 6.03. The first-order chi connectivity index (χ1) is 10.1. The van der Waals surface area contributed by atoms with Crippen LogP contribution in [-0.2, 0) is 13.5 Å². The highest BCUT2D eigenvalue weighted by Gasteiger charge is 2.25. The van der Waals surface area contributed by atoms with E-state index in [1.54, 1.807) is 49.3 Å². The lowest BCUT2D eigenvalue weighted by atomic mass is 9.91. The van der Waals surface area contributed by atoms with Gasteiger partial charge in [-0.05, 0) is 24.1 Å². The minimum absolute atomic E-state index is 0.215. The van der Waals surface area contributed by atoms with E-state index in [0.717, 1.165) is 5.69 Å². The van der Waals surface area contributed by atoms with Gasteiger partial charge < -0.3 is 4.74 Å². The Morgan fingerprint density at radius 1 is 1.43 bits per heavy atom.